The van der Waals surface area contributed by atoms with Gasteiger partial charge in [-0.05, 0) is 23.6 Å². The zero-order chi connectivity index (χ0) is 13.1. The monoisotopic (exact) mass is 248 g/mol. The molecule has 0 fully saturated rings. The summed E-state index contributed by atoms with van der Waals surface area (Å²) >= 11 is 0. The van der Waals surface area contributed by atoms with Crippen molar-refractivity contribution in [3.05, 3.63) is 35.6 Å². The van der Waals surface area contributed by atoms with Crippen LogP contribution in [0, 0.1) is 0 Å². The van der Waals surface area contributed by atoms with E-state index >= 15 is 0 Å². The molecular weight excluding hydrogens is 232 g/mol. The highest BCUT2D eigenvalue weighted by Gasteiger charge is 2.22. The lowest BCUT2D eigenvalue weighted by Gasteiger charge is -2.20. The Morgan fingerprint density at radius 2 is 1.89 bits per heavy atom. The van der Waals surface area contributed by atoms with E-state index in [1.54, 1.807) is 14.2 Å². The Bertz CT molecular complexity index is 491. The van der Waals surface area contributed by atoms with E-state index in [2.05, 4.69) is 0 Å². The molecule has 0 amide bonds. The lowest BCUT2D eigenvalue weighted by atomic mass is 9.86. The molecule has 1 N–H and O–H groups in total. The molecule has 1 atom stereocenters. The first-order valence-electron chi connectivity index (χ1n) is 5.78. The zero-order valence-corrected chi connectivity index (χ0v) is 10.5. The van der Waals surface area contributed by atoms with Crippen molar-refractivity contribution in [1.29, 1.82) is 0 Å². The van der Waals surface area contributed by atoms with Crippen LogP contribution in [0.25, 0.3) is 0 Å². The summed E-state index contributed by atoms with van der Waals surface area (Å²) < 4.78 is 10.4. The van der Waals surface area contributed by atoms with Crippen molar-refractivity contribution in [3.63, 3.8) is 0 Å². The Labute approximate surface area is 106 Å². The number of hydrogen-bond donors (Lipinski definition) is 1. The van der Waals surface area contributed by atoms with Gasteiger partial charge in [-0.15, -0.1) is 0 Å². The average Bonchev–Trinajstić information content (AvgIpc) is 2.36. The summed E-state index contributed by atoms with van der Waals surface area (Å²) in [6, 6.07) is 5.57. The maximum Gasteiger partial charge on any atom is 0.160 e. The van der Waals surface area contributed by atoms with Crippen LogP contribution < -0.4 is 9.47 Å². The van der Waals surface area contributed by atoms with Crippen molar-refractivity contribution in [2.75, 3.05) is 14.2 Å². The Morgan fingerprint density at radius 3 is 2.50 bits per heavy atom. The van der Waals surface area contributed by atoms with E-state index in [1.807, 2.05) is 18.2 Å². The quantitative estimate of drug-likeness (QED) is 0.893. The number of methoxy groups -OCH3 is 2. The van der Waals surface area contributed by atoms with Crippen LogP contribution in [-0.4, -0.2) is 25.1 Å². The van der Waals surface area contributed by atoms with E-state index in [9.17, 15) is 9.90 Å². The van der Waals surface area contributed by atoms with Crippen LogP contribution in [0.15, 0.2) is 30.0 Å². The van der Waals surface area contributed by atoms with Gasteiger partial charge in [-0.3, -0.25) is 4.79 Å². The minimum Gasteiger partial charge on any atom is -0.512 e. The van der Waals surface area contributed by atoms with Gasteiger partial charge in [0.25, 0.3) is 0 Å². The molecule has 4 nitrogen and oxygen atoms in total. The van der Waals surface area contributed by atoms with E-state index < -0.39 is 0 Å². The van der Waals surface area contributed by atoms with Gasteiger partial charge >= 0.3 is 0 Å². The highest BCUT2D eigenvalue weighted by atomic mass is 16.5. The third-order valence-corrected chi connectivity index (χ3v) is 3.11. The fourth-order valence-corrected chi connectivity index (χ4v) is 2.21. The second-order valence-electron chi connectivity index (χ2n) is 4.32. The highest BCUT2D eigenvalue weighted by molar-refractivity contribution is 5.91. The molecule has 0 saturated carbocycles. The summed E-state index contributed by atoms with van der Waals surface area (Å²) in [6.45, 7) is 0. The third kappa shape index (κ3) is 2.47. The molecule has 4 heteroatoms. The molecule has 0 unspecified atom stereocenters. The second kappa shape index (κ2) is 5.12. The molecule has 0 heterocycles. The van der Waals surface area contributed by atoms with Crippen molar-refractivity contribution in [2.45, 2.75) is 18.8 Å². The second-order valence-corrected chi connectivity index (χ2v) is 4.32. The molecule has 0 saturated heterocycles. The number of aliphatic hydroxyl groups is 1. The summed E-state index contributed by atoms with van der Waals surface area (Å²) in [4.78, 5) is 11.4. The van der Waals surface area contributed by atoms with Crippen LogP contribution in [0.5, 0.6) is 11.5 Å². The van der Waals surface area contributed by atoms with Crippen LogP contribution in [-0.2, 0) is 4.79 Å². The molecular formula is C14H16O4. The molecule has 2 rings (SSSR count). The number of allylic oxidation sites excluding steroid dienone is 2. The van der Waals surface area contributed by atoms with Gasteiger partial charge in [0.2, 0.25) is 0 Å². The third-order valence-electron chi connectivity index (χ3n) is 3.11. The van der Waals surface area contributed by atoms with Gasteiger partial charge in [0, 0.05) is 18.9 Å². The van der Waals surface area contributed by atoms with Gasteiger partial charge in [-0.1, -0.05) is 6.07 Å². The van der Waals surface area contributed by atoms with Crippen LogP contribution in [0.3, 0.4) is 0 Å². The summed E-state index contributed by atoms with van der Waals surface area (Å²) in [7, 11) is 3.15. The highest BCUT2D eigenvalue weighted by Crippen LogP contribution is 2.35. The first kappa shape index (κ1) is 12.5. The molecule has 18 heavy (non-hydrogen) atoms. The number of hydrogen-bond acceptors (Lipinski definition) is 4. The number of aliphatic hydroxyl groups excluding tert-OH is 1. The fraction of sp³-hybridized carbons (Fsp3) is 0.357. The van der Waals surface area contributed by atoms with Crippen molar-refractivity contribution in [2.24, 2.45) is 0 Å². The number of ketones is 1. The molecule has 96 valence electrons. The topological polar surface area (TPSA) is 55.8 Å². The van der Waals surface area contributed by atoms with Gasteiger partial charge in [0.1, 0.15) is 0 Å². The van der Waals surface area contributed by atoms with Gasteiger partial charge in [-0.2, -0.15) is 0 Å². The Morgan fingerprint density at radius 1 is 1.17 bits per heavy atom. The summed E-state index contributed by atoms with van der Waals surface area (Å²) in [5.74, 6) is 1.39. The van der Waals surface area contributed by atoms with Crippen LogP contribution in [0.2, 0.25) is 0 Å². The normalized spacial score (nSPS) is 19.3. The number of ether oxygens (including phenoxy) is 2. The summed E-state index contributed by atoms with van der Waals surface area (Å²) in [6.07, 6.45) is 2.21. The molecule has 0 aliphatic heterocycles. The SMILES string of the molecule is COc1ccc([C@@H]2CC(=O)C=C(O)C2)cc1OC. The van der Waals surface area contributed by atoms with Gasteiger partial charge in [0.15, 0.2) is 17.3 Å². The standard InChI is InChI=1S/C14H16O4/c1-17-13-4-3-9(7-14(13)18-2)10-5-11(15)8-12(16)6-10/h3-4,7-8,10,15H,5-6H2,1-2H3/t10-/m0/s1. The smallest absolute Gasteiger partial charge is 0.160 e. The number of carbonyl (C=O) groups is 1. The van der Waals surface area contributed by atoms with Gasteiger partial charge < -0.3 is 14.6 Å². The molecule has 0 bridgehead atoms. The molecule has 0 aromatic heterocycles. The molecule has 0 radical (unpaired) electrons. The first-order valence-corrected chi connectivity index (χ1v) is 5.78. The molecule has 1 aromatic rings. The largest absolute Gasteiger partial charge is 0.512 e. The van der Waals surface area contributed by atoms with Crippen molar-refractivity contribution >= 4 is 5.78 Å². The molecule has 1 aliphatic rings. The van der Waals surface area contributed by atoms with E-state index in [-0.39, 0.29) is 17.5 Å². The maximum atomic E-state index is 11.4. The Kier molecular flexibility index (Phi) is 3.55. The number of carbonyl (C=O) groups excluding carboxylic acids is 1. The minimum atomic E-state index is -0.0430. The first-order chi connectivity index (χ1) is 8.63. The average molecular weight is 248 g/mol. The van der Waals surface area contributed by atoms with Gasteiger partial charge in [-0.25, -0.2) is 0 Å². The number of rotatable bonds is 3. The minimum absolute atomic E-state index is 0.00214. The lowest BCUT2D eigenvalue weighted by molar-refractivity contribution is -0.115. The van der Waals surface area contributed by atoms with E-state index in [4.69, 9.17) is 9.47 Å². The summed E-state index contributed by atoms with van der Waals surface area (Å²) in [5, 5.41) is 9.52. The van der Waals surface area contributed by atoms with Gasteiger partial charge in [0.05, 0.1) is 20.0 Å². The van der Waals surface area contributed by atoms with Crippen LogP contribution in [0.1, 0.15) is 24.3 Å². The predicted octanol–water partition coefficient (Wildman–Crippen LogP) is 2.59. The van der Waals surface area contributed by atoms with Crippen LogP contribution >= 0.6 is 0 Å². The van der Waals surface area contributed by atoms with Crippen LogP contribution in [0.4, 0.5) is 0 Å². The van der Waals surface area contributed by atoms with E-state index in [1.165, 1.54) is 6.08 Å². The number of benzene rings is 1. The maximum absolute atomic E-state index is 11.4. The van der Waals surface area contributed by atoms with Crippen molar-refractivity contribution in [3.8, 4) is 11.5 Å². The Balaban J connectivity index is 2.29. The molecule has 0 spiro atoms. The van der Waals surface area contributed by atoms with Crippen molar-refractivity contribution in [1.82, 2.24) is 0 Å². The zero-order valence-electron chi connectivity index (χ0n) is 10.5. The predicted molar refractivity (Wildman–Crippen MR) is 67.2 cm³/mol. The molecule has 1 aliphatic carbocycles. The van der Waals surface area contributed by atoms with E-state index in [0.717, 1.165) is 5.56 Å². The Hall–Kier alpha value is -1.97. The van der Waals surface area contributed by atoms with E-state index in [0.29, 0.717) is 24.3 Å². The lowest BCUT2D eigenvalue weighted by Crippen LogP contribution is -2.12. The fourth-order valence-electron chi connectivity index (χ4n) is 2.21. The summed E-state index contributed by atoms with van der Waals surface area (Å²) in [5.41, 5.74) is 0.973. The molecule has 1 aromatic carbocycles. The van der Waals surface area contributed by atoms with Crippen molar-refractivity contribution < 1.29 is 19.4 Å².